The number of hydrogen-bond acceptors (Lipinski definition) is 4. The Morgan fingerprint density at radius 1 is 1.19 bits per heavy atom. The van der Waals surface area contributed by atoms with E-state index in [0.717, 1.165) is 6.07 Å². The van der Waals surface area contributed by atoms with Crippen LogP contribution >= 0.6 is 0 Å². The molecule has 5 nitrogen and oxygen atoms in total. The van der Waals surface area contributed by atoms with Gasteiger partial charge in [0.2, 0.25) is 10.0 Å². The molecule has 0 amide bonds. The second-order valence-corrected chi connectivity index (χ2v) is 6.13. The summed E-state index contributed by atoms with van der Waals surface area (Å²) in [7, 11) is -3.77. The number of anilines is 2. The number of rotatable bonds is 4. The smallest absolute Gasteiger partial charge is 0.237 e. The molecule has 0 aliphatic carbocycles. The minimum atomic E-state index is -3.77. The minimum Gasteiger partial charge on any atom is -0.399 e. The van der Waals surface area contributed by atoms with E-state index in [9.17, 15) is 12.8 Å². The Bertz CT molecular complexity index is 796. The zero-order valence-corrected chi connectivity index (χ0v) is 11.7. The molecule has 0 heterocycles. The molecule has 7 heteroatoms. The van der Waals surface area contributed by atoms with Crippen molar-refractivity contribution >= 4 is 21.4 Å². The molecule has 2 aromatic carbocycles. The van der Waals surface area contributed by atoms with Crippen LogP contribution in [0.1, 0.15) is 11.1 Å². The van der Waals surface area contributed by atoms with Gasteiger partial charge in [0.1, 0.15) is 5.82 Å². The first-order valence-electron chi connectivity index (χ1n) is 5.94. The predicted octanol–water partition coefficient (Wildman–Crippen LogP) is 2.22. The van der Waals surface area contributed by atoms with E-state index in [0.29, 0.717) is 11.1 Å². The normalized spacial score (nSPS) is 10.9. The molecular formula is C14H12FN3O2S. The van der Waals surface area contributed by atoms with Gasteiger partial charge in [-0.05, 0) is 35.9 Å². The summed E-state index contributed by atoms with van der Waals surface area (Å²) in [5.41, 5.74) is 6.49. The number of benzene rings is 2. The first kappa shape index (κ1) is 14.8. The molecule has 0 aromatic heterocycles. The van der Waals surface area contributed by atoms with Gasteiger partial charge in [-0.3, -0.25) is 4.72 Å². The molecule has 0 spiro atoms. The molecule has 2 aromatic rings. The van der Waals surface area contributed by atoms with E-state index in [4.69, 9.17) is 11.0 Å². The van der Waals surface area contributed by atoms with Crippen molar-refractivity contribution < 1.29 is 12.8 Å². The van der Waals surface area contributed by atoms with E-state index in [-0.39, 0.29) is 17.1 Å². The van der Waals surface area contributed by atoms with Gasteiger partial charge in [0.15, 0.2) is 0 Å². The summed E-state index contributed by atoms with van der Waals surface area (Å²) >= 11 is 0. The quantitative estimate of drug-likeness (QED) is 0.846. The Labute approximate surface area is 121 Å². The van der Waals surface area contributed by atoms with Crippen molar-refractivity contribution in [1.82, 2.24) is 0 Å². The summed E-state index contributed by atoms with van der Waals surface area (Å²) in [4.78, 5) is 0. The number of nitrogens with one attached hydrogen (secondary N) is 1. The molecule has 0 aliphatic rings. The lowest BCUT2D eigenvalue weighted by Crippen LogP contribution is -2.16. The minimum absolute atomic E-state index is 0.191. The van der Waals surface area contributed by atoms with Gasteiger partial charge >= 0.3 is 0 Å². The zero-order valence-electron chi connectivity index (χ0n) is 10.9. The van der Waals surface area contributed by atoms with Crippen LogP contribution in [0.4, 0.5) is 15.8 Å². The van der Waals surface area contributed by atoms with Gasteiger partial charge < -0.3 is 5.73 Å². The van der Waals surface area contributed by atoms with Crippen molar-refractivity contribution in [2.24, 2.45) is 0 Å². The fourth-order valence-electron chi connectivity index (χ4n) is 1.72. The summed E-state index contributed by atoms with van der Waals surface area (Å²) in [6, 6.07) is 11.7. The Kier molecular flexibility index (Phi) is 4.10. The maximum Gasteiger partial charge on any atom is 0.237 e. The highest BCUT2D eigenvalue weighted by molar-refractivity contribution is 7.91. The topological polar surface area (TPSA) is 96.0 Å². The van der Waals surface area contributed by atoms with Crippen LogP contribution in [0.5, 0.6) is 0 Å². The molecule has 0 atom stereocenters. The van der Waals surface area contributed by atoms with Crippen LogP contribution < -0.4 is 10.5 Å². The Balaban J connectivity index is 2.18. The second-order valence-electron chi connectivity index (χ2n) is 4.41. The zero-order chi connectivity index (χ0) is 15.5. The van der Waals surface area contributed by atoms with Crippen LogP contribution in [0.2, 0.25) is 0 Å². The number of nitrogen functional groups attached to an aromatic ring is 1. The van der Waals surface area contributed by atoms with E-state index < -0.39 is 15.8 Å². The lowest BCUT2D eigenvalue weighted by molar-refractivity contribution is 0.598. The van der Waals surface area contributed by atoms with E-state index in [1.807, 2.05) is 6.07 Å². The van der Waals surface area contributed by atoms with E-state index in [1.165, 1.54) is 36.4 Å². The number of nitriles is 1. The maximum absolute atomic E-state index is 13.5. The fraction of sp³-hybridized carbons (Fsp3) is 0.0714. The van der Waals surface area contributed by atoms with Gasteiger partial charge in [0.05, 0.1) is 23.1 Å². The molecule has 0 unspecified atom stereocenters. The van der Waals surface area contributed by atoms with Gasteiger partial charge in [0.25, 0.3) is 0 Å². The second kappa shape index (κ2) is 5.81. The molecule has 0 fully saturated rings. The van der Waals surface area contributed by atoms with Gasteiger partial charge in [-0.1, -0.05) is 12.1 Å². The molecule has 108 valence electrons. The van der Waals surface area contributed by atoms with Crippen molar-refractivity contribution in [2.75, 3.05) is 10.5 Å². The standard InChI is InChI=1S/C14H12FN3O2S/c15-13-6-5-12(17)7-14(13)18-21(19,20)9-11-3-1-10(8-16)2-4-11/h1-7,18H,9,17H2. The highest BCUT2D eigenvalue weighted by Gasteiger charge is 2.14. The number of sulfonamides is 1. The molecule has 0 radical (unpaired) electrons. The first-order valence-corrected chi connectivity index (χ1v) is 7.59. The third kappa shape index (κ3) is 3.94. The third-order valence-corrected chi connectivity index (χ3v) is 3.94. The van der Waals surface area contributed by atoms with Crippen molar-refractivity contribution in [3.05, 3.63) is 59.4 Å². The number of halogens is 1. The van der Waals surface area contributed by atoms with E-state index in [1.54, 1.807) is 0 Å². The fourth-order valence-corrected chi connectivity index (χ4v) is 2.91. The molecule has 0 saturated heterocycles. The predicted molar refractivity (Wildman–Crippen MR) is 78.2 cm³/mol. The summed E-state index contributed by atoms with van der Waals surface area (Å²) in [5.74, 6) is -1.03. The summed E-state index contributed by atoms with van der Waals surface area (Å²) in [5, 5.41) is 8.68. The highest BCUT2D eigenvalue weighted by Crippen LogP contribution is 2.20. The van der Waals surface area contributed by atoms with Crippen LogP contribution in [-0.4, -0.2) is 8.42 Å². The monoisotopic (exact) mass is 305 g/mol. The van der Waals surface area contributed by atoms with Crippen molar-refractivity contribution in [2.45, 2.75) is 5.75 Å². The molecule has 21 heavy (non-hydrogen) atoms. The van der Waals surface area contributed by atoms with Gasteiger partial charge in [-0.25, -0.2) is 12.8 Å². The lowest BCUT2D eigenvalue weighted by atomic mass is 10.2. The molecule has 0 saturated carbocycles. The van der Waals surface area contributed by atoms with Crippen LogP contribution in [0.3, 0.4) is 0 Å². The largest absolute Gasteiger partial charge is 0.399 e. The van der Waals surface area contributed by atoms with Crippen LogP contribution in [0.25, 0.3) is 0 Å². The van der Waals surface area contributed by atoms with Gasteiger partial charge in [0, 0.05) is 5.69 Å². The van der Waals surface area contributed by atoms with E-state index in [2.05, 4.69) is 4.72 Å². The number of hydrogen-bond donors (Lipinski definition) is 2. The lowest BCUT2D eigenvalue weighted by Gasteiger charge is -2.09. The SMILES string of the molecule is N#Cc1ccc(CS(=O)(=O)Nc2cc(N)ccc2F)cc1. The van der Waals surface area contributed by atoms with Crippen LogP contribution in [0.15, 0.2) is 42.5 Å². The average Bonchev–Trinajstić information content (AvgIpc) is 2.43. The molecular weight excluding hydrogens is 293 g/mol. The highest BCUT2D eigenvalue weighted by atomic mass is 32.2. The maximum atomic E-state index is 13.5. The van der Waals surface area contributed by atoms with Crippen LogP contribution in [-0.2, 0) is 15.8 Å². The Morgan fingerprint density at radius 2 is 1.86 bits per heavy atom. The number of nitrogens with two attached hydrogens (primary N) is 1. The Hall–Kier alpha value is -2.59. The van der Waals surface area contributed by atoms with Gasteiger partial charge in [-0.15, -0.1) is 0 Å². The summed E-state index contributed by atoms with van der Waals surface area (Å²) < 4.78 is 39.7. The third-order valence-electron chi connectivity index (χ3n) is 2.70. The molecule has 0 aliphatic heterocycles. The first-order chi connectivity index (χ1) is 9.89. The van der Waals surface area contributed by atoms with Crippen molar-refractivity contribution in [3.8, 4) is 6.07 Å². The van der Waals surface area contributed by atoms with E-state index >= 15 is 0 Å². The number of nitrogens with zero attached hydrogens (tertiary/aromatic N) is 1. The van der Waals surface area contributed by atoms with Crippen molar-refractivity contribution in [1.29, 1.82) is 5.26 Å². The van der Waals surface area contributed by atoms with Crippen molar-refractivity contribution in [3.63, 3.8) is 0 Å². The van der Waals surface area contributed by atoms with Crippen LogP contribution in [0, 0.1) is 17.1 Å². The summed E-state index contributed by atoms with van der Waals surface area (Å²) in [6.07, 6.45) is 0. The van der Waals surface area contributed by atoms with Gasteiger partial charge in [-0.2, -0.15) is 5.26 Å². The molecule has 2 rings (SSSR count). The average molecular weight is 305 g/mol. The summed E-state index contributed by atoms with van der Waals surface area (Å²) in [6.45, 7) is 0. The molecule has 0 bridgehead atoms. The molecule has 3 N–H and O–H groups in total. The Morgan fingerprint density at radius 3 is 2.48 bits per heavy atom.